The summed E-state index contributed by atoms with van der Waals surface area (Å²) in [6.45, 7) is 3.92. The maximum Gasteiger partial charge on any atom is 0.275 e. The van der Waals surface area contributed by atoms with Crippen LogP contribution in [0.25, 0.3) is 4.96 Å². The molecule has 0 aliphatic rings. The second-order valence-corrected chi connectivity index (χ2v) is 6.20. The number of thiazole rings is 1. The number of aromatic nitrogens is 2. The third-order valence-electron chi connectivity index (χ3n) is 2.93. The van der Waals surface area contributed by atoms with Crippen molar-refractivity contribution in [3.8, 4) is 0 Å². The first-order valence-electron chi connectivity index (χ1n) is 6.05. The molecule has 0 bridgehead atoms. The van der Waals surface area contributed by atoms with Crippen LogP contribution in [0.15, 0.2) is 30.6 Å². The molecule has 20 heavy (non-hydrogen) atoms. The fraction of sp³-hybridized carbons (Fsp3) is 0.143. The van der Waals surface area contributed by atoms with E-state index < -0.39 is 0 Å². The molecule has 6 heteroatoms. The van der Waals surface area contributed by atoms with Crippen LogP contribution in [-0.2, 0) is 0 Å². The Morgan fingerprint density at radius 3 is 2.85 bits per heavy atom. The van der Waals surface area contributed by atoms with Gasteiger partial charge in [-0.2, -0.15) is 0 Å². The number of aryl methyl sites for hydroxylation is 2. The molecule has 0 saturated carbocycles. The van der Waals surface area contributed by atoms with E-state index in [1.54, 1.807) is 23.6 Å². The summed E-state index contributed by atoms with van der Waals surface area (Å²) >= 11 is 7.59. The lowest BCUT2D eigenvalue weighted by atomic mass is 10.2. The van der Waals surface area contributed by atoms with E-state index in [0.29, 0.717) is 16.4 Å². The average Bonchev–Trinajstić information content (AvgIpc) is 2.91. The van der Waals surface area contributed by atoms with Gasteiger partial charge in [-0.05, 0) is 31.5 Å². The molecule has 0 aliphatic heterocycles. The number of halogens is 1. The van der Waals surface area contributed by atoms with Crippen molar-refractivity contribution in [2.45, 2.75) is 13.8 Å². The molecule has 0 spiro atoms. The van der Waals surface area contributed by atoms with Crippen LogP contribution in [0, 0.1) is 13.8 Å². The molecule has 0 fully saturated rings. The van der Waals surface area contributed by atoms with Crippen molar-refractivity contribution in [1.29, 1.82) is 0 Å². The Morgan fingerprint density at radius 1 is 1.35 bits per heavy atom. The Kier molecular flexibility index (Phi) is 3.23. The molecule has 1 amide bonds. The Bertz CT molecular complexity index is 774. The highest BCUT2D eigenvalue weighted by molar-refractivity contribution is 7.17. The molecule has 4 nitrogen and oxygen atoms in total. The van der Waals surface area contributed by atoms with Crippen LogP contribution in [0.1, 0.15) is 20.9 Å². The number of nitrogens with one attached hydrogen (secondary N) is 1. The first-order chi connectivity index (χ1) is 9.52. The van der Waals surface area contributed by atoms with E-state index in [2.05, 4.69) is 10.3 Å². The van der Waals surface area contributed by atoms with E-state index in [9.17, 15) is 4.79 Å². The smallest absolute Gasteiger partial charge is 0.275 e. The molecule has 0 saturated heterocycles. The summed E-state index contributed by atoms with van der Waals surface area (Å²) in [6.07, 6.45) is 3.68. The first kappa shape index (κ1) is 13.1. The number of hydrogen-bond acceptors (Lipinski definition) is 3. The normalized spacial score (nSPS) is 10.9. The average molecular weight is 306 g/mol. The summed E-state index contributed by atoms with van der Waals surface area (Å²) in [4.78, 5) is 18.4. The van der Waals surface area contributed by atoms with Crippen LogP contribution in [0.2, 0.25) is 5.02 Å². The molecule has 0 atom stereocenters. The number of carbonyl (C=O) groups excluding carboxylic acids is 1. The highest BCUT2D eigenvalue weighted by Crippen LogP contribution is 2.21. The summed E-state index contributed by atoms with van der Waals surface area (Å²) in [5, 5.41) is 3.43. The van der Waals surface area contributed by atoms with Crippen molar-refractivity contribution in [2.75, 3.05) is 5.32 Å². The van der Waals surface area contributed by atoms with Gasteiger partial charge in [-0.3, -0.25) is 9.20 Å². The highest BCUT2D eigenvalue weighted by Gasteiger charge is 2.12. The van der Waals surface area contributed by atoms with E-state index in [4.69, 9.17) is 11.6 Å². The van der Waals surface area contributed by atoms with Crippen LogP contribution >= 0.6 is 22.9 Å². The predicted molar refractivity (Wildman–Crippen MR) is 81.9 cm³/mol. The third kappa shape index (κ3) is 2.42. The van der Waals surface area contributed by atoms with E-state index >= 15 is 0 Å². The van der Waals surface area contributed by atoms with Gasteiger partial charge in [0.05, 0.1) is 0 Å². The van der Waals surface area contributed by atoms with Crippen molar-refractivity contribution >= 4 is 39.5 Å². The van der Waals surface area contributed by atoms with E-state index in [1.165, 1.54) is 0 Å². The van der Waals surface area contributed by atoms with Gasteiger partial charge in [0.1, 0.15) is 5.69 Å². The van der Waals surface area contributed by atoms with Crippen LogP contribution in [0.4, 0.5) is 5.69 Å². The zero-order valence-electron chi connectivity index (χ0n) is 11.0. The fourth-order valence-corrected chi connectivity index (χ4v) is 2.88. The van der Waals surface area contributed by atoms with Gasteiger partial charge in [0.25, 0.3) is 5.91 Å². The molecule has 102 valence electrons. The molecular weight excluding hydrogens is 294 g/mol. The molecule has 3 aromatic rings. The van der Waals surface area contributed by atoms with E-state index in [-0.39, 0.29) is 5.91 Å². The molecular formula is C14H12ClN3OS. The van der Waals surface area contributed by atoms with E-state index in [0.717, 1.165) is 15.4 Å². The number of anilines is 1. The van der Waals surface area contributed by atoms with Gasteiger partial charge in [-0.25, -0.2) is 4.98 Å². The van der Waals surface area contributed by atoms with Crippen molar-refractivity contribution in [1.82, 2.24) is 9.38 Å². The van der Waals surface area contributed by atoms with Gasteiger partial charge in [0.2, 0.25) is 0 Å². The highest BCUT2D eigenvalue weighted by atomic mass is 35.5. The topological polar surface area (TPSA) is 46.4 Å². The maximum absolute atomic E-state index is 12.1. The summed E-state index contributed by atoms with van der Waals surface area (Å²) in [7, 11) is 0. The summed E-state index contributed by atoms with van der Waals surface area (Å²) in [5.74, 6) is -0.238. The number of rotatable bonds is 2. The van der Waals surface area contributed by atoms with Gasteiger partial charge < -0.3 is 5.32 Å². The zero-order chi connectivity index (χ0) is 14.3. The summed E-state index contributed by atoms with van der Waals surface area (Å²) in [5.41, 5.74) is 2.04. The zero-order valence-corrected chi connectivity index (χ0v) is 12.5. The standard InChI is InChI=1S/C14H12ClN3OS/c1-8-3-4-10(5-11(8)15)16-13(19)12-7-18-6-9(2)20-14(18)17-12/h3-7H,1-2H3,(H,16,19). The fourth-order valence-electron chi connectivity index (χ4n) is 1.89. The molecule has 1 N–H and O–H groups in total. The van der Waals surface area contributed by atoms with Gasteiger partial charge >= 0.3 is 0 Å². The second-order valence-electron chi connectivity index (χ2n) is 4.58. The second kappa shape index (κ2) is 4.92. The van der Waals surface area contributed by atoms with Crippen LogP contribution in [0.5, 0.6) is 0 Å². The van der Waals surface area contributed by atoms with E-state index in [1.807, 2.05) is 36.6 Å². The monoisotopic (exact) mass is 305 g/mol. The minimum absolute atomic E-state index is 0.238. The van der Waals surface area contributed by atoms with Gasteiger partial charge in [-0.15, -0.1) is 11.3 Å². The minimum Gasteiger partial charge on any atom is -0.321 e. The minimum atomic E-state index is -0.238. The third-order valence-corrected chi connectivity index (χ3v) is 4.25. The lowest BCUT2D eigenvalue weighted by molar-refractivity contribution is 0.102. The molecule has 1 aromatic carbocycles. The number of nitrogens with zero attached hydrogens (tertiary/aromatic N) is 2. The Labute approximate surface area is 125 Å². The quantitative estimate of drug-likeness (QED) is 0.780. The van der Waals surface area contributed by atoms with Gasteiger partial charge in [0, 0.05) is 28.0 Å². The number of imidazole rings is 1. The Morgan fingerprint density at radius 2 is 2.15 bits per heavy atom. The first-order valence-corrected chi connectivity index (χ1v) is 7.25. The van der Waals surface area contributed by atoms with Crippen molar-refractivity contribution in [3.05, 3.63) is 51.7 Å². The molecule has 3 rings (SSSR count). The largest absolute Gasteiger partial charge is 0.321 e. The Balaban J connectivity index is 1.84. The van der Waals surface area contributed by atoms with Crippen LogP contribution in [0.3, 0.4) is 0 Å². The van der Waals surface area contributed by atoms with Crippen LogP contribution in [-0.4, -0.2) is 15.3 Å². The summed E-state index contributed by atoms with van der Waals surface area (Å²) < 4.78 is 1.86. The van der Waals surface area contributed by atoms with Gasteiger partial charge in [-0.1, -0.05) is 17.7 Å². The SMILES string of the molecule is Cc1cn2cc(C(=O)Nc3ccc(C)c(Cl)c3)nc2s1. The molecule has 0 unspecified atom stereocenters. The number of amides is 1. The van der Waals surface area contributed by atoms with Crippen molar-refractivity contribution in [2.24, 2.45) is 0 Å². The molecule has 0 radical (unpaired) electrons. The van der Waals surface area contributed by atoms with Crippen LogP contribution < -0.4 is 5.32 Å². The van der Waals surface area contributed by atoms with Crippen molar-refractivity contribution in [3.63, 3.8) is 0 Å². The Hall–Kier alpha value is -1.85. The molecule has 0 aliphatic carbocycles. The summed E-state index contributed by atoms with van der Waals surface area (Å²) in [6, 6.07) is 5.42. The maximum atomic E-state index is 12.1. The molecule has 2 aromatic heterocycles. The lowest BCUT2D eigenvalue weighted by Gasteiger charge is -2.05. The number of fused-ring (bicyclic) bond motifs is 1. The van der Waals surface area contributed by atoms with Crippen molar-refractivity contribution < 1.29 is 4.79 Å². The lowest BCUT2D eigenvalue weighted by Crippen LogP contribution is -2.12. The number of carbonyl (C=O) groups is 1. The number of hydrogen-bond donors (Lipinski definition) is 1. The molecule has 2 heterocycles. The predicted octanol–water partition coefficient (Wildman–Crippen LogP) is 3.92. The number of benzene rings is 1. The van der Waals surface area contributed by atoms with Gasteiger partial charge in [0.15, 0.2) is 4.96 Å².